The zero-order valence-electron chi connectivity index (χ0n) is 18.9. The van der Waals surface area contributed by atoms with Crippen molar-refractivity contribution < 1.29 is 28.7 Å². The summed E-state index contributed by atoms with van der Waals surface area (Å²) in [5.41, 5.74) is 1.06. The van der Waals surface area contributed by atoms with Crippen LogP contribution in [0.25, 0.3) is 0 Å². The number of nitro groups is 1. The normalized spacial score (nSPS) is 22.4. The molecule has 0 spiro atoms. The lowest BCUT2D eigenvalue weighted by Gasteiger charge is -2.29. The van der Waals surface area contributed by atoms with E-state index in [0.29, 0.717) is 24.3 Å². The summed E-state index contributed by atoms with van der Waals surface area (Å²) in [5, 5.41) is 14.3. The number of rotatable bonds is 7. The van der Waals surface area contributed by atoms with Gasteiger partial charge in [-0.2, -0.15) is 0 Å². The van der Waals surface area contributed by atoms with Crippen molar-refractivity contribution in [3.63, 3.8) is 0 Å². The maximum atomic E-state index is 11.8. The van der Waals surface area contributed by atoms with Gasteiger partial charge < -0.3 is 24.3 Å². The van der Waals surface area contributed by atoms with E-state index in [0.717, 1.165) is 11.6 Å². The Morgan fingerprint density at radius 1 is 1.29 bits per heavy atom. The van der Waals surface area contributed by atoms with Crippen molar-refractivity contribution >= 4 is 19.9 Å². The molecule has 0 bridgehead atoms. The van der Waals surface area contributed by atoms with Crippen LogP contribution >= 0.6 is 0 Å². The van der Waals surface area contributed by atoms with E-state index in [4.69, 9.17) is 18.9 Å². The first-order valence-corrected chi connectivity index (χ1v) is 14.3. The minimum atomic E-state index is -1.26. The Labute approximate surface area is 183 Å². The number of nitrogens with one attached hydrogen (secondary N) is 1. The Hall–Kier alpha value is -2.17. The molecule has 0 unspecified atom stereocenters. The number of ether oxygens (including phenoxy) is 4. The standard InChI is InChI=1S/C21H32N2O7Si/c1-21(2)10-14-8-17(23(25)26)16(9-18(14)30-21)15-12-28-19(29-13-15)11-22-20(24)27-6-7-31(3,4)5/h8-9,15,19H,6-7,10-13H2,1-5H3,(H,22,24). The average molecular weight is 453 g/mol. The fraction of sp³-hybridized carbons (Fsp3) is 0.667. The number of hydrogen-bond acceptors (Lipinski definition) is 7. The summed E-state index contributed by atoms with van der Waals surface area (Å²) in [7, 11) is -1.26. The highest BCUT2D eigenvalue weighted by molar-refractivity contribution is 6.76. The topological polar surface area (TPSA) is 109 Å². The molecule has 2 heterocycles. The first-order chi connectivity index (χ1) is 14.4. The minimum Gasteiger partial charge on any atom is -0.487 e. The van der Waals surface area contributed by atoms with Crippen LogP contribution in [-0.2, 0) is 20.6 Å². The smallest absolute Gasteiger partial charge is 0.407 e. The molecule has 1 N–H and O–H groups in total. The van der Waals surface area contributed by atoms with Crippen LogP contribution in [0.1, 0.15) is 30.9 Å². The summed E-state index contributed by atoms with van der Waals surface area (Å²) in [5.74, 6) is 0.383. The first kappa shape index (κ1) is 23.5. The molecule has 1 fully saturated rings. The fourth-order valence-corrected chi connectivity index (χ4v) is 4.36. The van der Waals surface area contributed by atoms with Gasteiger partial charge in [-0.15, -0.1) is 0 Å². The molecule has 31 heavy (non-hydrogen) atoms. The summed E-state index contributed by atoms with van der Waals surface area (Å²) < 4.78 is 22.5. The van der Waals surface area contributed by atoms with Gasteiger partial charge in [-0.05, 0) is 26.0 Å². The van der Waals surface area contributed by atoms with Gasteiger partial charge in [0.1, 0.15) is 11.4 Å². The van der Waals surface area contributed by atoms with Crippen LogP contribution in [0.4, 0.5) is 10.5 Å². The molecule has 2 aliphatic rings. The number of amides is 1. The van der Waals surface area contributed by atoms with Gasteiger partial charge in [0.05, 0.1) is 31.3 Å². The number of carbonyl (C=O) groups is 1. The number of alkyl carbamates (subject to hydrolysis) is 1. The molecule has 0 aromatic heterocycles. The number of fused-ring (bicyclic) bond motifs is 1. The highest BCUT2D eigenvalue weighted by atomic mass is 28.3. The molecular weight excluding hydrogens is 420 g/mol. The molecule has 10 heteroatoms. The molecule has 1 saturated heterocycles. The van der Waals surface area contributed by atoms with Crippen molar-refractivity contribution in [1.82, 2.24) is 5.32 Å². The first-order valence-electron chi connectivity index (χ1n) is 10.6. The molecule has 1 aromatic rings. The molecule has 9 nitrogen and oxygen atoms in total. The monoisotopic (exact) mass is 452 g/mol. The van der Waals surface area contributed by atoms with Gasteiger partial charge in [-0.25, -0.2) is 4.79 Å². The summed E-state index contributed by atoms with van der Waals surface area (Å²) >= 11 is 0. The highest BCUT2D eigenvalue weighted by Gasteiger charge is 2.36. The van der Waals surface area contributed by atoms with Crippen LogP contribution in [0.2, 0.25) is 25.7 Å². The Balaban J connectivity index is 1.53. The summed E-state index contributed by atoms with van der Waals surface area (Å²) in [6.45, 7) is 11.6. The predicted octanol–water partition coefficient (Wildman–Crippen LogP) is 3.83. The number of nitrogens with zero attached hydrogens (tertiary/aromatic N) is 1. The van der Waals surface area contributed by atoms with Gasteiger partial charge >= 0.3 is 6.09 Å². The van der Waals surface area contributed by atoms with Gasteiger partial charge in [-0.3, -0.25) is 10.1 Å². The molecular formula is C21H32N2O7Si. The Morgan fingerprint density at radius 2 is 1.97 bits per heavy atom. The fourth-order valence-electron chi connectivity index (χ4n) is 3.65. The molecule has 2 aliphatic heterocycles. The van der Waals surface area contributed by atoms with Crippen molar-refractivity contribution in [2.75, 3.05) is 26.4 Å². The van der Waals surface area contributed by atoms with Crippen molar-refractivity contribution in [1.29, 1.82) is 0 Å². The largest absolute Gasteiger partial charge is 0.487 e. The van der Waals surface area contributed by atoms with E-state index in [2.05, 4.69) is 25.0 Å². The second-order valence-electron chi connectivity index (χ2n) is 9.94. The van der Waals surface area contributed by atoms with E-state index in [9.17, 15) is 14.9 Å². The number of hydrogen-bond donors (Lipinski definition) is 1. The molecule has 0 saturated carbocycles. The van der Waals surface area contributed by atoms with E-state index in [1.165, 1.54) is 0 Å². The van der Waals surface area contributed by atoms with Crippen molar-refractivity contribution in [3.05, 3.63) is 33.4 Å². The minimum absolute atomic E-state index is 0.0554. The summed E-state index contributed by atoms with van der Waals surface area (Å²) in [6, 6.07) is 4.25. The van der Waals surface area contributed by atoms with E-state index in [1.807, 2.05) is 13.8 Å². The third-order valence-electron chi connectivity index (χ3n) is 5.31. The van der Waals surface area contributed by atoms with Crippen LogP contribution in [0, 0.1) is 10.1 Å². The van der Waals surface area contributed by atoms with Crippen LogP contribution in [-0.4, -0.2) is 57.3 Å². The van der Waals surface area contributed by atoms with E-state index >= 15 is 0 Å². The zero-order valence-corrected chi connectivity index (χ0v) is 19.9. The second kappa shape index (κ2) is 9.13. The van der Waals surface area contributed by atoms with Gasteiger partial charge in [0.2, 0.25) is 0 Å². The second-order valence-corrected chi connectivity index (χ2v) is 15.6. The van der Waals surface area contributed by atoms with Gasteiger partial charge in [0.15, 0.2) is 6.29 Å². The quantitative estimate of drug-likeness (QED) is 0.380. The molecule has 1 aromatic carbocycles. The van der Waals surface area contributed by atoms with Crippen LogP contribution in [0.5, 0.6) is 5.75 Å². The van der Waals surface area contributed by atoms with E-state index in [-0.39, 0.29) is 41.9 Å². The van der Waals surface area contributed by atoms with Crippen LogP contribution in [0.15, 0.2) is 12.1 Å². The molecule has 0 aliphatic carbocycles. The van der Waals surface area contributed by atoms with Gasteiger partial charge in [0, 0.05) is 37.6 Å². The Kier molecular flexibility index (Phi) is 6.92. The van der Waals surface area contributed by atoms with Crippen LogP contribution < -0.4 is 10.1 Å². The molecule has 0 radical (unpaired) electrons. The lowest BCUT2D eigenvalue weighted by molar-refractivity contribution is -0.386. The van der Waals surface area contributed by atoms with Crippen molar-refractivity contribution in [2.45, 2.75) is 63.8 Å². The lowest BCUT2D eigenvalue weighted by atomic mass is 9.94. The van der Waals surface area contributed by atoms with E-state index in [1.54, 1.807) is 12.1 Å². The number of nitro benzene ring substituents is 1. The summed E-state index contributed by atoms with van der Waals surface area (Å²) in [4.78, 5) is 23.1. The molecule has 172 valence electrons. The molecule has 0 atom stereocenters. The number of benzene rings is 1. The lowest BCUT2D eigenvalue weighted by Crippen LogP contribution is -2.40. The Bertz CT molecular complexity index is 830. The highest BCUT2D eigenvalue weighted by Crippen LogP contribution is 2.41. The Morgan fingerprint density at radius 3 is 2.58 bits per heavy atom. The van der Waals surface area contributed by atoms with Crippen molar-refractivity contribution in [2.24, 2.45) is 0 Å². The van der Waals surface area contributed by atoms with Crippen molar-refractivity contribution in [3.8, 4) is 5.75 Å². The zero-order chi connectivity index (χ0) is 22.8. The van der Waals surface area contributed by atoms with Gasteiger partial charge in [-0.1, -0.05) is 19.6 Å². The molecule has 3 rings (SSSR count). The maximum Gasteiger partial charge on any atom is 0.407 e. The van der Waals surface area contributed by atoms with Crippen LogP contribution in [0.3, 0.4) is 0 Å². The van der Waals surface area contributed by atoms with E-state index < -0.39 is 20.5 Å². The summed E-state index contributed by atoms with van der Waals surface area (Å²) in [6.07, 6.45) is -0.492. The maximum absolute atomic E-state index is 11.8. The average Bonchev–Trinajstić information content (AvgIpc) is 2.97. The SMILES string of the molecule is CC1(C)Cc2cc([N+](=O)[O-])c(C3COC(CNC(=O)OCC[Si](C)(C)C)OC3)cc2O1. The third-order valence-corrected chi connectivity index (χ3v) is 7.02. The number of carbonyl (C=O) groups excluding carboxylic acids is 1. The van der Waals surface area contributed by atoms with Gasteiger partial charge in [0.25, 0.3) is 5.69 Å². The molecule has 1 amide bonds. The predicted molar refractivity (Wildman–Crippen MR) is 117 cm³/mol. The third kappa shape index (κ3) is 6.41.